The van der Waals surface area contributed by atoms with Gasteiger partial charge in [-0.3, -0.25) is 4.99 Å². The highest BCUT2D eigenvalue weighted by molar-refractivity contribution is 5.75. The molecule has 0 unspecified atom stereocenters. The minimum atomic E-state index is 0. The van der Waals surface area contributed by atoms with Gasteiger partial charge in [0, 0.05) is 7.05 Å². The predicted molar refractivity (Wildman–Crippen MR) is 45.3 cm³/mol. The zero-order valence-corrected chi connectivity index (χ0v) is 4.68. The van der Waals surface area contributed by atoms with E-state index in [2.05, 4.69) is 10.7 Å². The van der Waals surface area contributed by atoms with E-state index >= 15 is 0 Å². The fourth-order valence-corrected chi connectivity index (χ4v) is 0. The average molecular weight is 136 g/mol. The molecule has 6 N–H and O–H groups in total. The van der Waals surface area contributed by atoms with Crippen LogP contribution in [0.5, 0.6) is 0 Å². The molecule has 9 heavy (non-hydrogen) atoms. The van der Waals surface area contributed by atoms with Crippen molar-refractivity contribution in [2.45, 2.75) is 14.9 Å². The number of hydrogen-bond donors (Lipinski definition) is 3. The second-order valence-corrected chi connectivity index (χ2v) is 0.648. The van der Waals surface area contributed by atoms with Crippen LogP contribution in [0.25, 0.3) is 0 Å². The van der Waals surface area contributed by atoms with E-state index in [4.69, 9.17) is 11.5 Å². The minimum Gasteiger partial charge on any atom is -0.370 e. The van der Waals surface area contributed by atoms with Crippen molar-refractivity contribution in [2.75, 3.05) is 14.1 Å². The van der Waals surface area contributed by atoms with Gasteiger partial charge in [-0.15, -0.1) is 0 Å². The van der Waals surface area contributed by atoms with Crippen LogP contribution in [0.2, 0.25) is 0 Å². The minimum absolute atomic E-state index is 0. The Kier molecular flexibility index (Phi) is 71.9. The number of nitrogens with two attached hydrogens (primary N) is 3. The molecule has 4 nitrogen and oxygen atoms in total. The second-order valence-electron chi connectivity index (χ2n) is 0.648. The highest BCUT2D eigenvalue weighted by Gasteiger charge is 1.61. The molecule has 0 aliphatic heterocycles. The van der Waals surface area contributed by atoms with Crippen LogP contribution < -0.4 is 17.2 Å². The van der Waals surface area contributed by atoms with Crippen LogP contribution in [0, 0.1) is 0 Å². The van der Waals surface area contributed by atoms with Gasteiger partial charge in [-0.2, -0.15) is 0 Å². The maximum atomic E-state index is 4.82. The smallest absolute Gasteiger partial charge is 0.185 e. The highest BCUT2D eigenvalue weighted by Crippen LogP contribution is 1.40. The molecule has 0 aromatic carbocycles. The third-order valence-corrected chi connectivity index (χ3v) is 0.258. The topological polar surface area (TPSA) is 90.4 Å². The lowest BCUT2D eigenvalue weighted by Gasteiger charge is -1.77. The van der Waals surface area contributed by atoms with Gasteiger partial charge in [-0.05, 0) is 7.05 Å². The van der Waals surface area contributed by atoms with Gasteiger partial charge < -0.3 is 17.2 Å². The zero-order valence-electron chi connectivity index (χ0n) is 4.68. The van der Waals surface area contributed by atoms with E-state index in [1.54, 1.807) is 0 Å². The summed E-state index contributed by atoms with van der Waals surface area (Å²) in [6.45, 7) is 0. The van der Waals surface area contributed by atoms with Crippen molar-refractivity contribution in [3.8, 4) is 0 Å². The van der Waals surface area contributed by atoms with E-state index in [0.29, 0.717) is 0 Å². The molecule has 0 aromatic heterocycles. The molecule has 0 saturated heterocycles. The molecular formula is C5H20N4. The van der Waals surface area contributed by atoms with Crippen molar-refractivity contribution in [2.24, 2.45) is 22.2 Å². The molecule has 4 heteroatoms. The van der Waals surface area contributed by atoms with Gasteiger partial charge in [-0.25, -0.2) is 0 Å². The number of guanidine groups is 1. The fourth-order valence-electron chi connectivity index (χ4n) is 0. The van der Waals surface area contributed by atoms with E-state index in [9.17, 15) is 0 Å². The molecule has 0 radical (unpaired) electrons. The lowest BCUT2D eigenvalue weighted by molar-refractivity contribution is 1.36. The molecule has 0 atom stereocenters. The monoisotopic (exact) mass is 136 g/mol. The first kappa shape index (κ1) is 24.0. The Morgan fingerprint density at radius 3 is 1.22 bits per heavy atom. The summed E-state index contributed by atoms with van der Waals surface area (Å²) in [6.07, 6.45) is 0. The van der Waals surface area contributed by atoms with Crippen molar-refractivity contribution in [1.82, 2.24) is 0 Å². The van der Waals surface area contributed by atoms with E-state index < -0.39 is 0 Å². The normalized spacial score (nSPS) is 4.33. The molecule has 0 rings (SSSR count). The van der Waals surface area contributed by atoms with Crippen LogP contribution in [0.15, 0.2) is 4.99 Å². The summed E-state index contributed by atoms with van der Waals surface area (Å²) in [5.74, 6) is 0.130. The first-order chi connectivity index (χ1) is 3.27. The van der Waals surface area contributed by atoms with Gasteiger partial charge in [0.1, 0.15) is 0 Å². The summed E-state index contributed by atoms with van der Waals surface area (Å²) in [7, 11) is 3.04. The molecule has 0 aliphatic carbocycles. The van der Waals surface area contributed by atoms with Gasteiger partial charge in [0.2, 0.25) is 0 Å². The standard InChI is InChI=1S/C2H7N3.CH5N.2CH4/c1-5-2(3)4;1-2;;/h1H3,(H4,3,4,5);2H2,1H3;2*1H4. The Morgan fingerprint density at radius 2 is 1.22 bits per heavy atom. The molecule has 60 valence electrons. The molecule has 0 amide bonds. The SMILES string of the molecule is C.C.CN.CN=C(N)N. The van der Waals surface area contributed by atoms with Crippen molar-refractivity contribution in [3.05, 3.63) is 0 Å². The first-order valence-electron chi connectivity index (χ1n) is 1.83. The first-order valence-corrected chi connectivity index (χ1v) is 1.83. The van der Waals surface area contributed by atoms with Gasteiger partial charge in [0.25, 0.3) is 0 Å². The Bertz CT molecular complexity index is 46.9. The number of rotatable bonds is 0. The van der Waals surface area contributed by atoms with E-state index in [1.807, 2.05) is 0 Å². The summed E-state index contributed by atoms with van der Waals surface area (Å²) in [5, 5.41) is 0. The molecule has 0 saturated carbocycles. The van der Waals surface area contributed by atoms with Gasteiger partial charge >= 0.3 is 0 Å². The molecule has 0 aromatic rings. The number of hydrogen-bond acceptors (Lipinski definition) is 2. The van der Waals surface area contributed by atoms with Gasteiger partial charge in [0.15, 0.2) is 5.96 Å². The molecule has 0 heterocycles. The highest BCUT2D eigenvalue weighted by atomic mass is 15.0. The quantitative estimate of drug-likeness (QED) is 0.316. The van der Waals surface area contributed by atoms with Crippen LogP contribution in [-0.2, 0) is 0 Å². The molecular weight excluding hydrogens is 116 g/mol. The second kappa shape index (κ2) is 26.9. The third kappa shape index (κ3) is 131. The number of nitrogens with zero attached hydrogens (tertiary/aromatic N) is 1. The summed E-state index contributed by atoms with van der Waals surface area (Å²) < 4.78 is 0. The van der Waals surface area contributed by atoms with Crippen LogP contribution in [0.4, 0.5) is 0 Å². The Balaban J connectivity index is -0.0000000286. The molecule has 0 fully saturated rings. The maximum Gasteiger partial charge on any atom is 0.185 e. The lowest BCUT2D eigenvalue weighted by atomic mass is 11.1. The van der Waals surface area contributed by atoms with Crippen molar-refractivity contribution >= 4 is 5.96 Å². The third-order valence-electron chi connectivity index (χ3n) is 0.258. The molecule has 0 aliphatic rings. The van der Waals surface area contributed by atoms with E-state index in [1.165, 1.54) is 14.1 Å². The maximum absolute atomic E-state index is 4.82. The predicted octanol–water partition coefficient (Wildman–Crippen LogP) is -0.263. The zero-order chi connectivity index (χ0) is 6.28. The van der Waals surface area contributed by atoms with Gasteiger partial charge in [0.05, 0.1) is 0 Å². The Hall–Kier alpha value is -0.770. The van der Waals surface area contributed by atoms with Crippen LogP contribution in [0.1, 0.15) is 14.9 Å². The lowest BCUT2D eigenvalue weighted by Crippen LogP contribution is -2.21. The number of aliphatic imine (C=N–C) groups is 1. The fraction of sp³-hybridized carbons (Fsp3) is 0.800. The van der Waals surface area contributed by atoms with Crippen molar-refractivity contribution < 1.29 is 0 Å². The summed E-state index contributed by atoms with van der Waals surface area (Å²) in [5.41, 5.74) is 14.1. The van der Waals surface area contributed by atoms with Crippen LogP contribution in [-0.4, -0.2) is 20.1 Å². The van der Waals surface area contributed by atoms with Crippen LogP contribution in [0.3, 0.4) is 0 Å². The summed E-state index contributed by atoms with van der Waals surface area (Å²) >= 11 is 0. The Labute approximate surface area is 58.1 Å². The average Bonchev–Trinajstić information content (AvgIpc) is 1.73. The van der Waals surface area contributed by atoms with Crippen molar-refractivity contribution in [3.63, 3.8) is 0 Å². The Morgan fingerprint density at radius 1 is 1.11 bits per heavy atom. The summed E-state index contributed by atoms with van der Waals surface area (Å²) in [6, 6.07) is 0. The van der Waals surface area contributed by atoms with Gasteiger partial charge in [-0.1, -0.05) is 14.9 Å². The summed E-state index contributed by atoms with van der Waals surface area (Å²) in [4.78, 5) is 3.36. The van der Waals surface area contributed by atoms with E-state index in [-0.39, 0.29) is 20.8 Å². The van der Waals surface area contributed by atoms with Crippen molar-refractivity contribution in [1.29, 1.82) is 0 Å². The largest absolute Gasteiger partial charge is 0.370 e. The van der Waals surface area contributed by atoms with Crippen LogP contribution >= 0.6 is 0 Å². The molecule has 0 spiro atoms. The molecule has 0 bridgehead atoms. The van der Waals surface area contributed by atoms with E-state index in [0.717, 1.165) is 0 Å².